The number of pyridine rings is 1. The van der Waals surface area contributed by atoms with E-state index in [0.29, 0.717) is 5.39 Å². The molecule has 2 aromatic heterocycles. The van der Waals surface area contributed by atoms with Gasteiger partial charge >= 0.3 is 0 Å². The summed E-state index contributed by atoms with van der Waals surface area (Å²) in [6.07, 6.45) is 3.46. The quantitative estimate of drug-likeness (QED) is 0.701. The van der Waals surface area contributed by atoms with Crippen LogP contribution in [0.2, 0.25) is 0 Å². The molecule has 0 spiro atoms. The Kier molecular flexibility index (Phi) is 2.71. The Balaban J connectivity index is 2.17. The molecule has 4 heteroatoms. The van der Waals surface area contributed by atoms with Gasteiger partial charge in [0.2, 0.25) is 0 Å². The van der Waals surface area contributed by atoms with E-state index >= 15 is 0 Å². The number of aryl methyl sites for hydroxylation is 2. The molecular weight excluding hydrogens is 238 g/mol. The van der Waals surface area contributed by atoms with Gasteiger partial charge < -0.3 is 4.57 Å². The number of aromatic nitrogens is 3. The van der Waals surface area contributed by atoms with E-state index in [1.165, 1.54) is 11.1 Å². The van der Waals surface area contributed by atoms with Crippen molar-refractivity contribution in [2.24, 2.45) is 7.05 Å². The van der Waals surface area contributed by atoms with Crippen molar-refractivity contribution in [3.8, 4) is 0 Å². The molecule has 0 radical (unpaired) electrons. The van der Waals surface area contributed by atoms with Crippen LogP contribution in [0.1, 0.15) is 11.1 Å². The molecule has 0 aliphatic carbocycles. The van der Waals surface area contributed by atoms with E-state index in [-0.39, 0.29) is 5.43 Å². The summed E-state index contributed by atoms with van der Waals surface area (Å²) in [6, 6.07) is 9.87. The highest BCUT2D eigenvalue weighted by Gasteiger charge is 2.08. The molecule has 0 N–H and O–H groups in total. The number of hydrogen-bond donors (Lipinski definition) is 0. The molecule has 19 heavy (non-hydrogen) atoms. The van der Waals surface area contributed by atoms with Crippen LogP contribution in [-0.4, -0.2) is 14.3 Å². The minimum absolute atomic E-state index is 0.0177. The van der Waals surface area contributed by atoms with Crippen LogP contribution in [0.3, 0.4) is 0 Å². The van der Waals surface area contributed by atoms with Crippen molar-refractivity contribution in [3.05, 3.63) is 64.1 Å². The molecule has 3 rings (SSSR count). The third-order valence-electron chi connectivity index (χ3n) is 3.45. The number of fused-ring (bicyclic) bond motifs is 1. The Morgan fingerprint density at radius 2 is 2.00 bits per heavy atom. The fourth-order valence-electron chi connectivity index (χ4n) is 2.36. The number of nitrogens with zero attached hydrogens (tertiary/aromatic N) is 3. The van der Waals surface area contributed by atoms with Crippen LogP contribution < -0.4 is 5.43 Å². The molecule has 0 bridgehead atoms. The van der Waals surface area contributed by atoms with Crippen LogP contribution >= 0.6 is 0 Å². The van der Waals surface area contributed by atoms with Gasteiger partial charge in [0.05, 0.1) is 11.6 Å². The normalized spacial score (nSPS) is 11.1. The van der Waals surface area contributed by atoms with Crippen molar-refractivity contribution in [2.75, 3.05) is 0 Å². The lowest BCUT2D eigenvalue weighted by Gasteiger charge is -2.11. The monoisotopic (exact) mass is 253 g/mol. The first kappa shape index (κ1) is 11.7. The van der Waals surface area contributed by atoms with Crippen molar-refractivity contribution in [3.63, 3.8) is 0 Å². The summed E-state index contributed by atoms with van der Waals surface area (Å²) < 4.78 is 3.81. The van der Waals surface area contributed by atoms with Gasteiger partial charge in [-0.2, -0.15) is 5.10 Å². The van der Waals surface area contributed by atoms with E-state index < -0.39 is 0 Å². The summed E-state index contributed by atoms with van der Waals surface area (Å²) >= 11 is 0. The Hall–Kier alpha value is -2.36. The maximum atomic E-state index is 11.8. The van der Waals surface area contributed by atoms with E-state index in [1.807, 2.05) is 25.4 Å². The number of hydrogen-bond acceptors (Lipinski definition) is 2. The Morgan fingerprint density at radius 3 is 2.79 bits per heavy atom. The molecule has 2 heterocycles. The fourth-order valence-corrected chi connectivity index (χ4v) is 2.36. The second-order valence-corrected chi connectivity index (χ2v) is 4.74. The minimum atomic E-state index is 0.0177. The molecule has 0 saturated heterocycles. The third kappa shape index (κ3) is 1.95. The molecule has 1 aromatic carbocycles. The summed E-state index contributed by atoms with van der Waals surface area (Å²) in [5, 5.41) is 4.84. The van der Waals surface area contributed by atoms with Gasteiger partial charge in [-0.3, -0.25) is 9.48 Å². The lowest BCUT2D eigenvalue weighted by atomic mass is 10.1. The first-order valence-corrected chi connectivity index (χ1v) is 6.22. The molecule has 0 fully saturated rings. The predicted molar refractivity (Wildman–Crippen MR) is 75.3 cm³/mol. The van der Waals surface area contributed by atoms with Gasteiger partial charge in [0.25, 0.3) is 0 Å². The van der Waals surface area contributed by atoms with E-state index in [1.54, 1.807) is 16.9 Å². The Bertz CT molecular complexity index is 799. The van der Waals surface area contributed by atoms with Gasteiger partial charge in [0.1, 0.15) is 5.65 Å². The van der Waals surface area contributed by atoms with E-state index in [4.69, 9.17) is 0 Å². The summed E-state index contributed by atoms with van der Waals surface area (Å²) in [4.78, 5) is 11.8. The Labute approximate surface area is 110 Å². The zero-order valence-electron chi connectivity index (χ0n) is 11.0. The average molecular weight is 253 g/mol. The zero-order valence-corrected chi connectivity index (χ0v) is 11.0. The number of benzene rings is 1. The third-order valence-corrected chi connectivity index (χ3v) is 3.45. The van der Waals surface area contributed by atoms with Crippen LogP contribution in [0.25, 0.3) is 11.0 Å². The molecule has 0 aliphatic heterocycles. The van der Waals surface area contributed by atoms with Crippen LogP contribution in [0.5, 0.6) is 0 Å². The summed E-state index contributed by atoms with van der Waals surface area (Å²) in [5.41, 5.74) is 3.37. The van der Waals surface area contributed by atoms with Gasteiger partial charge in [-0.15, -0.1) is 0 Å². The minimum Gasteiger partial charge on any atom is -0.328 e. The molecule has 3 aromatic rings. The topological polar surface area (TPSA) is 39.8 Å². The largest absolute Gasteiger partial charge is 0.328 e. The molecule has 0 amide bonds. The lowest BCUT2D eigenvalue weighted by molar-refractivity contribution is 0.725. The molecule has 0 saturated carbocycles. The molecule has 0 unspecified atom stereocenters. The van der Waals surface area contributed by atoms with Gasteiger partial charge in [-0.25, -0.2) is 0 Å². The second-order valence-electron chi connectivity index (χ2n) is 4.74. The van der Waals surface area contributed by atoms with Gasteiger partial charge in [0, 0.05) is 25.9 Å². The van der Waals surface area contributed by atoms with Crippen molar-refractivity contribution in [1.29, 1.82) is 0 Å². The van der Waals surface area contributed by atoms with Crippen LogP contribution in [-0.2, 0) is 13.6 Å². The summed E-state index contributed by atoms with van der Waals surface area (Å²) in [7, 11) is 1.86. The summed E-state index contributed by atoms with van der Waals surface area (Å²) in [6.45, 7) is 2.83. The van der Waals surface area contributed by atoms with Gasteiger partial charge in [-0.05, 0) is 18.1 Å². The molecule has 96 valence electrons. The maximum absolute atomic E-state index is 11.8. The van der Waals surface area contributed by atoms with Crippen LogP contribution in [0.4, 0.5) is 0 Å². The van der Waals surface area contributed by atoms with E-state index in [2.05, 4.69) is 28.7 Å². The predicted octanol–water partition coefficient (Wildman–Crippen LogP) is 2.09. The highest BCUT2D eigenvalue weighted by molar-refractivity contribution is 5.74. The lowest BCUT2D eigenvalue weighted by Crippen LogP contribution is -2.11. The molecule has 0 aliphatic rings. The average Bonchev–Trinajstić information content (AvgIpc) is 2.79. The molecule has 4 nitrogen and oxygen atoms in total. The second kappa shape index (κ2) is 4.39. The zero-order chi connectivity index (χ0) is 13.4. The van der Waals surface area contributed by atoms with Crippen molar-refractivity contribution < 1.29 is 0 Å². The number of rotatable bonds is 2. The summed E-state index contributed by atoms with van der Waals surface area (Å²) in [5.74, 6) is 0. The van der Waals surface area contributed by atoms with Gasteiger partial charge in [-0.1, -0.05) is 24.3 Å². The van der Waals surface area contributed by atoms with Crippen molar-refractivity contribution >= 4 is 11.0 Å². The molecule has 0 atom stereocenters. The van der Waals surface area contributed by atoms with Crippen molar-refractivity contribution in [2.45, 2.75) is 13.5 Å². The highest BCUT2D eigenvalue weighted by atomic mass is 16.1. The first-order chi connectivity index (χ1) is 9.16. The Morgan fingerprint density at radius 1 is 1.21 bits per heavy atom. The van der Waals surface area contributed by atoms with Crippen LogP contribution in [0, 0.1) is 6.92 Å². The molecular formula is C15H15N3O. The standard InChI is InChI=1S/C15H15N3O/c1-11-5-3-4-6-12(11)10-18-8-7-14(19)13-9-16-17(2)15(13)18/h3-9H,10H2,1-2H3. The smallest absolute Gasteiger partial charge is 0.192 e. The van der Waals surface area contributed by atoms with Crippen molar-refractivity contribution in [1.82, 2.24) is 14.3 Å². The first-order valence-electron chi connectivity index (χ1n) is 6.22. The maximum Gasteiger partial charge on any atom is 0.192 e. The fraction of sp³-hybridized carbons (Fsp3) is 0.200. The van der Waals surface area contributed by atoms with E-state index in [9.17, 15) is 4.79 Å². The highest BCUT2D eigenvalue weighted by Crippen LogP contribution is 2.13. The van der Waals surface area contributed by atoms with E-state index in [0.717, 1.165) is 12.2 Å². The SMILES string of the molecule is Cc1ccccc1Cn1ccc(=O)c2cnn(C)c21. The van der Waals surface area contributed by atoms with Crippen LogP contribution in [0.15, 0.2) is 47.5 Å². The van der Waals surface area contributed by atoms with Gasteiger partial charge in [0.15, 0.2) is 5.43 Å².